The lowest BCUT2D eigenvalue weighted by molar-refractivity contribution is -0.137. The van der Waals surface area contributed by atoms with Crippen LogP contribution in [0, 0.1) is 0 Å². The highest BCUT2D eigenvalue weighted by Gasteiger charge is 2.16. The van der Waals surface area contributed by atoms with Crippen molar-refractivity contribution in [1.29, 1.82) is 0 Å². The summed E-state index contributed by atoms with van der Waals surface area (Å²) in [4.78, 5) is 22.9. The number of benzene rings is 2. The summed E-state index contributed by atoms with van der Waals surface area (Å²) in [5.74, 6) is -1.61. The zero-order chi connectivity index (χ0) is 18.4. The summed E-state index contributed by atoms with van der Waals surface area (Å²) in [5.41, 5.74) is 8.42. The lowest BCUT2D eigenvalue weighted by Gasteiger charge is -2.15. The van der Waals surface area contributed by atoms with Gasteiger partial charge in [0, 0.05) is 16.5 Å². The summed E-state index contributed by atoms with van der Waals surface area (Å²) in [6.07, 6.45) is -0.0551. The molecule has 5 nitrogen and oxygen atoms in total. The molecule has 2 aromatic rings. The molecule has 2 aromatic carbocycles. The van der Waals surface area contributed by atoms with Gasteiger partial charge in [-0.05, 0) is 48.9 Å². The van der Waals surface area contributed by atoms with E-state index in [9.17, 15) is 9.59 Å². The van der Waals surface area contributed by atoms with Gasteiger partial charge in [-0.15, -0.1) is 0 Å². The molecule has 25 heavy (non-hydrogen) atoms. The maximum absolute atomic E-state index is 11.9. The number of carboxylic acid groups (broad SMARTS) is 1. The Kier molecular flexibility index (Phi) is 6.56. The van der Waals surface area contributed by atoms with Crippen LogP contribution in [-0.4, -0.2) is 30.2 Å². The summed E-state index contributed by atoms with van der Waals surface area (Å²) < 4.78 is 5.02. The van der Waals surface area contributed by atoms with Gasteiger partial charge in [0.2, 0.25) is 0 Å². The van der Waals surface area contributed by atoms with Gasteiger partial charge in [0.1, 0.15) is 0 Å². The SMILES string of the molecule is CCOC(=O)c1cccc(-c2cc([C@H](CN)CC(=O)O)ccc2Cl)c1. The largest absolute Gasteiger partial charge is 0.481 e. The van der Waals surface area contributed by atoms with Crippen molar-refractivity contribution in [3.8, 4) is 11.1 Å². The van der Waals surface area contributed by atoms with Gasteiger partial charge in [0.25, 0.3) is 0 Å². The van der Waals surface area contributed by atoms with E-state index in [1.165, 1.54) is 0 Å². The lowest BCUT2D eigenvalue weighted by atomic mass is 9.92. The van der Waals surface area contributed by atoms with Gasteiger partial charge in [-0.1, -0.05) is 29.8 Å². The fourth-order valence-electron chi connectivity index (χ4n) is 2.59. The number of esters is 1. The normalized spacial score (nSPS) is 11.8. The molecule has 0 radical (unpaired) electrons. The lowest BCUT2D eigenvalue weighted by Crippen LogP contribution is -2.16. The first-order valence-corrected chi connectivity index (χ1v) is 8.33. The molecule has 2 rings (SSSR count). The Hall–Kier alpha value is -2.37. The number of hydrogen-bond donors (Lipinski definition) is 2. The van der Waals surface area contributed by atoms with E-state index in [4.69, 9.17) is 27.2 Å². The molecular weight excluding hydrogens is 342 g/mol. The van der Waals surface area contributed by atoms with Crippen LogP contribution in [0.5, 0.6) is 0 Å². The maximum atomic E-state index is 11.9. The molecule has 0 saturated heterocycles. The minimum atomic E-state index is -0.906. The third-order valence-corrected chi connectivity index (χ3v) is 4.18. The molecule has 0 saturated carbocycles. The summed E-state index contributed by atoms with van der Waals surface area (Å²) >= 11 is 6.31. The minimum Gasteiger partial charge on any atom is -0.481 e. The van der Waals surface area contributed by atoms with E-state index in [-0.39, 0.29) is 18.9 Å². The highest BCUT2D eigenvalue weighted by Crippen LogP contribution is 2.32. The molecule has 0 heterocycles. The molecular formula is C19H20ClNO4. The molecule has 0 amide bonds. The van der Waals surface area contributed by atoms with Crippen molar-refractivity contribution >= 4 is 23.5 Å². The second kappa shape index (κ2) is 8.65. The van der Waals surface area contributed by atoms with Gasteiger partial charge in [-0.3, -0.25) is 4.79 Å². The maximum Gasteiger partial charge on any atom is 0.338 e. The van der Waals surface area contributed by atoms with E-state index in [0.29, 0.717) is 22.8 Å². The van der Waals surface area contributed by atoms with Gasteiger partial charge in [0.05, 0.1) is 18.6 Å². The quantitative estimate of drug-likeness (QED) is 0.734. The Morgan fingerprint density at radius 2 is 2.00 bits per heavy atom. The Morgan fingerprint density at radius 3 is 2.64 bits per heavy atom. The molecule has 0 fully saturated rings. The Balaban J connectivity index is 2.42. The number of halogens is 1. The molecule has 0 bridgehead atoms. The van der Waals surface area contributed by atoms with Crippen LogP contribution in [0.4, 0.5) is 0 Å². The highest BCUT2D eigenvalue weighted by atomic mass is 35.5. The third-order valence-electron chi connectivity index (χ3n) is 3.85. The van der Waals surface area contributed by atoms with Crippen molar-refractivity contribution in [2.75, 3.05) is 13.2 Å². The Morgan fingerprint density at radius 1 is 1.24 bits per heavy atom. The van der Waals surface area contributed by atoms with Gasteiger partial charge < -0.3 is 15.6 Å². The van der Waals surface area contributed by atoms with Crippen LogP contribution in [0.1, 0.15) is 35.2 Å². The van der Waals surface area contributed by atoms with Gasteiger partial charge >= 0.3 is 11.9 Å². The third kappa shape index (κ3) is 4.81. The number of aliphatic carboxylic acids is 1. The second-order valence-corrected chi connectivity index (χ2v) is 5.98. The number of hydrogen-bond acceptors (Lipinski definition) is 4. The van der Waals surface area contributed by atoms with Gasteiger partial charge in [-0.2, -0.15) is 0 Å². The molecule has 0 aliphatic carbocycles. The predicted octanol–water partition coefficient (Wildman–Crippen LogP) is 3.70. The molecule has 0 spiro atoms. The highest BCUT2D eigenvalue weighted by molar-refractivity contribution is 6.33. The van der Waals surface area contributed by atoms with Crippen molar-refractivity contribution in [2.24, 2.45) is 5.73 Å². The number of carbonyl (C=O) groups excluding carboxylic acids is 1. The van der Waals surface area contributed by atoms with Crippen molar-refractivity contribution in [1.82, 2.24) is 0 Å². The average Bonchev–Trinajstić information content (AvgIpc) is 2.60. The number of rotatable bonds is 7. The van der Waals surface area contributed by atoms with E-state index in [2.05, 4.69) is 0 Å². The van der Waals surface area contributed by atoms with Crippen molar-refractivity contribution < 1.29 is 19.4 Å². The summed E-state index contributed by atoms with van der Waals surface area (Å²) in [7, 11) is 0. The smallest absolute Gasteiger partial charge is 0.338 e. The fraction of sp³-hybridized carbons (Fsp3) is 0.263. The molecule has 0 aliphatic heterocycles. The molecule has 0 aromatic heterocycles. The van der Waals surface area contributed by atoms with E-state index < -0.39 is 11.9 Å². The average molecular weight is 362 g/mol. The van der Waals surface area contributed by atoms with E-state index in [0.717, 1.165) is 11.1 Å². The van der Waals surface area contributed by atoms with Crippen LogP contribution in [0.25, 0.3) is 11.1 Å². The van der Waals surface area contributed by atoms with Crippen molar-refractivity contribution in [3.05, 3.63) is 58.6 Å². The summed E-state index contributed by atoms with van der Waals surface area (Å²) in [6.45, 7) is 2.26. The topological polar surface area (TPSA) is 89.6 Å². The van der Waals surface area contributed by atoms with Gasteiger partial charge in [-0.25, -0.2) is 4.79 Å². The number of carbonyl (C=O) groups is 2. The standard InChI is InChI=1S/C19H20ClNO4/c1-2-25-19(24)14-5-3-4-13(8-14)16-9-12(6-7-17(16)20)15(11-21)10-18(22)23/h3-9,15H,2,10-11,21H2,1H3,(H,22,23)/t15-/m0/s1. The van der Waals surface area contributed by atoms with Crippen LogP contribution in [-0.2, 0) is 9.53 Å². The van der Waals surface area contributed by atoms with E-state index >= 15 is 0 Å². The first-order valence-electron chi connectivity index (χ1n) is 7.95. The van der Waals surface area contributed by atoms with Crippen molar-refractivity contribution in [2.45, 2.75) is 19.3 Å². The van der Waals surface area contributed by atoms with Crippen LogP contribution < -0.4 is 5.73 Å². The number of carboxylic acids is 1. The van der Waals surface area contributed by atoms with E-state index in [1.54, 1.807) is 37.3 Å². The molecule has 3 N–H and O–H groups in total. The van der Waals surface area contributed by atoms with Crippen LogP contribution >= 0.6 is 11.6 Å². The Bertz CT molecular complexity index is 776. The van der Waals surface area contributed by atoms with Crippen LogP contribution in [0.15, 0.2) is 42.5 Å². The zero-order valence-electron chi connectivity index (χ0n) is 13.9. The summed E-state index contributed by atoms with van der Waals surface area (Å²) in [6, 6.07) is 12.3. The Labute approximate surface area is 151 Å². The van der Waals surface area contributed by atoms with Crippen LogP contribution in [0.2, 0.25) is 5.02 Å². The molecule has 0 unspecified atom stereocenters. The molecule has 1 atom stereocenters. The molecule has 132 valence electrons. The second-order valence-electron chi connectivity index (χ2n) is 5.57. The minimum absolute atomic E-state index is 0.0551. The first-order chi connectivity index (χ1) is 12.0. The molecule has 0 aliphatic rings. The van der Waals surface area contributed by atoms with Crippen molar-refractivity contribution in [3.63, 3.8) is 0 Å². The molecule has 6 heteroatoms. The van der Waals surface area contributed by atoms with Crippen LogP contribution in [0.3, 0.4) is 0 Å². The number of nitrogens with two attached hydrogens (primary N) is 1. The number of ether oxygens (including phenoxy) is 1. The van der Waals surface area contributed by atoms with E-state index in [1.807, 2.05) is 12.1 Å². The zero-order valence-corrected chi connectivity index (χ0v) is 14.6. The predicted molar refractivity (Wildman–Crippen MR) is 96.9 cm³/mol. The van der Waals surface area contributed by atoms with Gasteiger partial charge in [0.15, 0.2) is 0 Å². The fourth-order valence-corrected chi connectivity index (χ4v) is 2.82. The monoisotopic (exact) mass is 361 g/mol. The first kappa shape index (κ1) is 19.0. The summed E-state index contributed by atoms with van der Waals surface area (Å²) in [5, 5.41) is 9.54.